The van der Waals surface area contributed by atoms with Gasteiger partial charge in [-0.1, -0.05) is 18.2 Å². The van der Waals surface area contributed by atoms with Gasteiger partial charge in [-0.05, 0) is 25.0 Å². The number of carbonyl (C=O) groups is 1. The third-order valence-electron chi connectivity index (χ3n) is 2.79. The van der Waals surface area contributed by atoms with E-state index < -0.39 is 10.0 Å². The fraction of sp³-hybridized carbons (Fsp3) is 0.308. The Bertz CT molecular complexity index is 574. The van der Waals surface area contributed by atoms with Gasteiger partial charge in [-0.2, -0.15) is 0 Å². The summed E-state index contributed by atoms with van der Waals surface area (Å²) in [7, 11) is -3.56. The summed E-state index contributed by atoms with van der Waals surface area (Å²) < 4.78 is 26.1. The van der Waals surface area contributed by atoms with E-state index in [0.29, 0.717) is 5.56 Å². The molecule has 18 heavy (non-hydrogen) atoms. The van der Waals surface area contributed by atoms with Crippen LogP contribution in [0.15, 0.2) is 41.8 Å². The Hall–Kier alpha value is -1.46. The maximum atomic E-state index is 11.9. The van der Waals surface area contributed by atoms with Crippen molar-refractivity contribution in [3.63, 3.8) is 0 Å². The van der Waals surface area contributed by atoms with Crippen molar-refractivity contribution in [2.24, 2.45) is 5.92 Å². The van der Waals surface area contributed by atoms with E-state index in [1.807, 2.05) is 0 Å². The molecule has 1 aliphatic carbocycles. The standard InChI is InChI=1S/C13H15NO3S/c1-2-8-14-18(16,17)12-5-3-4-11(9-12)13(15)10-6-7-10/h2-5,9-10,14H,1,6-8H2. The molecule has 2 rings (SSSR count). The number of hydrogen-bond donors (Lipinski definition) is 1. The molecular weight excluding hydrogens is 250 g/mol. The van der Waals surface area contributed by atoms with Gasteiger partial charge < -0.3 is 0 Å². The molecule has 1 aliphatic rings. The molecule has 0 bridgehead atoms. The van der Waals surface area contributed by atoms with Gasteiger partial charge in [0.1, 0.15) is 0 Å². The van der Waals surface area contributed by atoms with Crippen LogP contribution < -0.4 is 4.72 Å². The van der Waals surface area contributed by atoms with E-state index in [0.717, 1.165) is 12.8 Å². The second kappa shape index (κ2) is 5.04. The summed E-state index contributed by atoms with van der Waals surface area (Å²) in [5, 5.41) is 0. The quantitative estimate of drug-likeness (QED) is 0.629. The van der Waals surface area contributed by atoms with Gasteiger partial charge in [-0.3, -0.25) is 4.79 Å². The first-order valence-electron chi connectivity index (χ1n) is 5.79. The second-order valence-corrected chi connectivity index (χ2v) is 6.07. The van der Waals surface area contributed by atoms with Gasteiger partial charge >= 0.3 is 0 Å². The van der Waals surface area contributed by atoms with Gasteiger partial charge in [-0.25, -0.2) is 13.1 Å². The summed E-state index contributed by atoms with van der Waals surface area (Å²) in [6.45, 7) is 3.62. The lowest BCUT2D eigenvalue weighted by molar-refractivity contribution is 0.0967. The molecule has 0 unspecified atom stereocenters. The molecule has 0 saturated heterocycles. The van der Waals surface area contributed by atoms with Crippen molar-refractivity contribution in [3.8, 4) is 0 Å². The maximum absolute atomic E-state index is 11.9. The summed E-state index contributed by atoms with van der Waals surface area (Å²) in [4.78, 5) is 12.0. The second-order valence-electron chi connectivity index (χ2n) is 4.31. The fourth-order valence-corrected chi connectivity index (χ4v) is 2.69. The molecule has 96 valence electrons. The molecular formula is C13H15NO3S. The zero-order valence-electron chi connectivity index (χ0n) is 9.93. The van der Waals surface area contributed by atoms with Crippen molar-refractivity contribution in [1.29, 1.82) is 0 Å². The molecule has 1 fully saturated rings. The highest BCUT2D eigenvalue weighted by Crippen LogP contribution is 2.32. The number of rotatable bonds is 6. The normalized spacial score (nSPS) is 15.3. The molecule has 0 aromatic heterocycles. The van der Waals surface area contributed by atoms with Crippen LogP contribution in [0, 0.1) is 5.92 Å². The Kier molecular flexibility index (Phi) is 3.63. The van der Waals surface area contributed by atoms with Crippen molar-refractivity contribution < 1.29 is 13.2 Å². The van der Waals surface area contributed by atoms with Crippen LogP contribution in [0.5, 0.6) is 0 Å². The van der Waals surface area contributed by atoms with Crippen LogP contribution in [0.4, 0.5) is 0 Å². The zero-order chi connectivity index (χ0) is 13.2. The Morgan fingerprint density at radius 3 is 2.78 bits per heavy atom. The van der Waals surface area contributed by atoms with E-state index in [2.05, 4.69) is 11.3 Å². The number of nitrogens with one attached hydrogen (secondary N) is 1. The van der Waals surface area contributed by atoms with Crippen molar-refractivity contribution in [3.05, 3.63) is 42.5 Å². The third-order valence-corrected chi connectivity index (χ3v) is 4.22. The van der Waals surface area contributed by atoms with Crippen LogP contribution in [0.1, 0.15) is 23.2 Å². The lowest BCUT2D eigenvalue weighted by Gasteiger charge is -2.06. The summed E-state index contributed by atoms with van der Waals surface area (Å²) >= 11 is 0. The predicted octanol–water partition coefficient (Wildman–Crippen LogP) is 1.74. The summed E-state index contributed by atoms with van der Waals surface area (Å²) in [5.74, 6) is 0.125. The lowest BCUT2D eigenvalue weighted by Crippen LogP contribution is -2.23. The molecule has 0 atom stereocenters. The van der Waals surface area contributed by atoms with Crippen LogP contribution >= 0.6 is 0 Å². The van der Waals surface area contributed by atoms with Crippen molar-refractivity contribution in [2.75, 3.05) is 6.54 Å². The summed E-state index contributed by atoms with van der Waals surface area (Å²) in [6.07, 6.45) is 3.28. The molecule has 0 heterocycles. The topological polar surface area (TPSA) is 63.2 Å². The summed E-state index contributed by atoms with van der Waals surface area (Å²) in [6, 6.07) is 6.17. The van der Waals surface area contributed by atoms with Crippen LogP contribution in [0.25, 0.3) is 0 Å². The van der Waals surface area contributed by atoms with Crippen LogP contribution in [-0.4, -0.2) is 20.7 Å². The smallest absolute Gasteiger partial charge is 0.240 e. The van der Waals surface area contributed by atoms with Gasteiger partial charge in [0.15, 0.2) is 5.78 Å². The first-order valence-corrected chi connectivity index (χ1v) is 7.28. The molecule has 0 radical (unpaired) electrons. The minimum Gasteiger partial charge on any atom is -0.294 e. The first kappa shape index (κ1) is 13.0. The molecule has 4 nitrogen and oxygen atoms in total. The Labute approximate surface area is 107 Å². The van der Waals surface area contributed by atoms with E-state index >= 15 is 0 Å². The van der Waals surface area contributed by atoms with Crippen molar-refractivity contribution in [1.82, 2.24) is 4.72 Å². The van der Waals surface area contributed by atoms with Crippen LogP contribution in [0.3, 0.4) is 0 Å². The van der Waals surface area contributed by atoms with Crippen LogP contribution in [-0.2, 0) is 10.0 Å². The predicted molar refractivity (Wildman–Crippen MR) is 68.9 cm³/mol. The minimum absolute atomic E-state index is 0.0378. The molecule has 1 saturated carbocycles. The number of Topliss-reactive ketones (excluding diaryl/α,β-unsaturated/α-hetero) is 1. The number of ketones is 1. The van der Waals surface area contributed by atoms with E-state index in [9.17, 15) is 13.2 Å². The zero-order valence-corrected chi connectivity index (χ0v) is 10.7. The molecule has 1 aromatic rings. The van der Waals surface area contributed by atoms with Gasteiger partial charge in [-0.15, -0.1) is 6.58 Å². The summed E-state index contributed by atoms with van der Waals surface area (Å²) in [5.41, 5.74) is 0.471. The number of sulfonamides is 1. The molecule has 5 heteroatoms. The highest BCUT2D eigenvalue weighted by atomic mass is 32.2. The van der Waals surface area contributed by atoms with E-state index in [1.54, 1.807) is 12.1 Å². The van der Waals surface area contributed by atoms with Gasteiger partial charge in [0.2, 0.25) is 10.0 Å². The highest BCUT2D eigenvalue weighted by molar-refractivity contribution is 7.89. The molecule has 0 spiro atoms. The monoisotopic (exact) mass is 265 g/mol. The first-order chi connectivity index (χ1) is 8.54. The Morgan fingerprint density at radius 1 is 1.44 bits per heavy atom. The maximum Gasteiger partial charge on any atom is 0.240 e. The Balaban J connectivity index is 2.26. The SMILES string of the molecule is C=CCNS(=O)(=O)c1cccc(C(=O)C2CC2)c1. The van der Waals surface area contributed by atoms with E-state index in [4.69, 9.17) is 0 Å². The van der Waals surface area contributed by atoms with Gasteiger partial charge in [0.25, 0.3) is 0 Å². The number of hydrogen-bond acceptors (Lipinski definition) is 3. The van der Waals surface area contributed by atoms with Gasteiger partial charge in [0.05, 0.1) is 4.90 Å². The van der Waals surface area contributed by atoms with E-state index in [1.165, 1.54) is 18.2 Å². The van der Waals surface area contributed by atoms with Crippen molar-refractivity contribution in [2.45, 2.75) is 17.7 Å². The average Bonchev–Trinajstić information content (AvgIpc) is 3.20. The van der Waals surface area contributed by atoms with E-state index in [-0.39, 0.29) is 23.1 Å². The molecule has 1 aromatic carbocycles. The van der Waals surface area contributed by atoms with Crippen LogP contribution in [0.2, 0.25) is 0 Å². The molecule has 1 N–H and O–H groups in total. The third kappa shape index (κ3) is 2.86. The fourth-order valence-electron chi connectivity index (χ4n) is 1.65. The minimum atomic E-state index is -3.56. The molecule has 0 aliphatic heterocycles. The van der Waals surface area contributed by atoms with Crippen molar-refractivity contribution >= 4 is 15.8 Å². The number of carbonyl (C=O) groups excluding carboxylic acids is 1. The largest absolute Gasteiger partial charge is 0.294 e. The highest BCUT2D eigenvalue weighted by Gasteiger charge is 2.30. The Morgan fingerprint density at radius 2 is 2.17 bits per heavy atom. The molecule has 0 amide bonds. The number of benzene rings is 1. The van der Waals surface area contributed by atoms with Gasteiger partial charge in [0, 0.05) is 18.0 Å². The lowest BCUT2D eigenvalue weighted by atomic mass is 10.1. The average molecular weight is 265 g/mol.